The maximum atomic E-state index is 6.15. The molecule has 5 heteroatoms. The third kappa shape index (κ3) is 2.07. The molecule has 1 atom stereocenters. The maximum absolute atomic E-state index is 6.15. The van der Waals surface area contributed by atoms with Crippen molar-refractivity contribution in [1.82, 2.24) is 14.7 Å². The topological polar surface area (TPSA) is 47.8 Å². The van der Waals surface area contributed by atoms with Gasteiger partial charge >= 0.3 is 0 Å². The van der Waals surface area contributed by atoms with E-state index in [-0.39, 0.29) is 11.7 Å². The van der Waals surface area contributed by atoms with Crippen LogP contribution in [0.4, 0.5) is 0 Å². The van der Waals surface area contributed by atoms with E-state index in [1.54, 1.807) is 6.20 Å². The molecule has 1 unspecified atom stereocenters. The van der Waals surface area contributed by atoms with Crippen LogP contribution in [0.15, 0.2) is 30.6 Å². The molecule has 4 rings (SSSR count). The van der Waals surface area contributed by atoms with Crippen molar-refractivity contribution in [1.29, 1.82) is 0 Å². The molecule has 0 bridgehead atoms. The normalized spacial score (nSPS) is 25.3. The third-order valence-electron chi connectivity index (χ3n) is 4.37. The number of ether oxygens (including phenoxy) is 2. The first-order valence-electron chi connectivity index (χ1n) is 7.28. The number of pyridine rings is 1. The second kappa shape index (κ2) is 4.75. The zero-order valence-corrected chi connectivity index (χ0v) is 11.4. The van der Waals surface area contributed by atoms with Crippen LogP contribution in [-0.2, 0) is 4.74 Å². The van der Waals surface area contributed by atoms with E-state index in [0.29, 0.717) is 6.61 Å². The summed E-state index contributed by atoms with van der Waals surface area (Å²) in [6.07, 6.45) is 7.02. The lowest BCUT2D eigenvalue weighted by Crippen LogP contribution is -2.41. The highest BCUT2D eigenvalue weighted by Crippen LogP contribution is 2.35. The van der Waals surface area contributed by atoms with E-state index < -0.39 is 0 Å². The minimum absolute atomic E-state index is 0.0404. The number of imidazole rings is 1. The highest BCUT2D eigenvalue weighted by molar-refractivity contribution is 5.41. The Morgan fingerprint density at radius 1 is 1.35 bits per heavy atom. The number of rotatable bonds is 2. The van der Waals surface area contributed by atoms with Crippen molar-refractivity contribution >= 4 is 5.65 Å². The lowest BCUT2D eigenvalue weighted by atomic mass is 9.89. The van der Waals surface area contributed by atoms with Gasteiger partial charge in [-0.2, -0.15) is 0 Å². The number of hydrogen-bond donors (Lipinski definition) is 1. The molecule has 1 N–H and O–H groups in total. The number of fused-ring (bicyclic) bond motifs is 1. The van der Waals surface area contributed by atoms with Gasteiger partial charge in [-0.15, -0.1) is 0 Å². The summed E-state index contributed by atoms with van der Waals surface area (Å²) in [7, 11) is 0. The second-order valence-corrected chi connectivity index (χ2v) is 5.71. The van der Waals surface area contributed by atoms with E-state index >= 15 is 0 Å². The van der Waals surface area contributed by atoms with Gasteiger partial charge in [-0.1, -0.05) is 6.07 Å². The van der Waals surface area contributed by atoms with Crippen LogP contribution < -0.4 is 10.1 Å². The molecule has 2 aromatic heterocycles. The summed E-state index contributed by atoms with van der Waals surface area (Å²) in [4.78, 5) is 4.28. The first-order chi connectivity index (χ1) is 9.85. The van der Waals surface area contributed by atoms with Crippen LogP contribution in [0.2, 0.25) is 0 Å². The minimum Gasteiger partial charge on any atom is -0.473 e. The molecular weight excluding hydrogens is 254 g/mol. The summed E-state index contributed by atoms with van der Waals surface area (Å²) in [5.41, 5.74) is 0.955. The van der Waals surface area contributed by atoms with Crippen LogP contribution in [0, 0.1) is 0 Å². The Hall–Kier alpha value is -1.59. The van der Waals surface area contributed by atoms with Crippen LogP contribution >= 0.6 is 0 Å². The fraction of sp³-hybridized carbons (Fsp3) is 0.533. The van der Waals surface area contributed by atoms with Gasteiger partial charge in [-0.05, 0) is 38.1 Å². The summed E-state index contributed by atoms with van der Waals surface area (Å²) in [5.74, 6) is 0.847. The lowest BCUT2D eigenvalue weighted by Gasteiger charge is -2.32. The van der Waals surface area contributed by atoms with Crippen molar-refractivity contribution in [3.63, 3.8) is 0 Å². The van der Waals surface area contributed by atoms with Gasteiger partial charge in [-0.25, -0.2) is 4.98 Å². The first-order valence-corrected chi connectivity index (χ1v) is 7.28. The van der Waals surface area contributed by atoms with Crippen molar-refractivity contribution in [2.75, 3.05) is 19.7 Å². The van der Waals surface area contributed by atoms with Gasteiger partial charge in [0, 0.05) is 18.8 Å². The Kier molecular flexibility index (Phi) is 2.89. The predicted octanol–water partition coefficient (Wildman–Crippen LogP) is 1.62. The summed E-state index contributed by atoms with van der Waals surface area (Å²) in [6, 6.07) is 5.95. The maximum Gasteiger partial charge on any atom is 0.199 e. The molecular formula is C15H19N3O2. The quantitative estimate of drug-likeness (QED) is 0.903. The molecule has 0 radical (unpaired) electrons. The summed E-state index contributed by atoms with van der Waals surface area (Å²) < 4.78 is 14.2. The van der Waals surface area contributed by atoms with E-state index in [1.807, 2.05) is 28.8 Å². The number of nitrogens with zero attached hydrogens (tertiary/aromatic N) is 2. The standard InChI is InChI=1S/C15H19N3O2/c1-2-13-17-8-9-18(13)14(3-1)20-12-10-15(19-11-12)4-6-16-7-5-15/h1-3,8-9,12,16H,4-7,10-11H2. The molecule has 2 saturated heterocycles. The molecule has 0 amide bonds. The average Bonchev–Trinajstić information content (AvgIpc) is 3.08. The Labute approximate surface area is 117 Å². The van der Waals surface area contributed by atoms with Gasteiger partial charge < -0.3 is 14.8 Å². The summed E-state index contributed by atoms with van der Waals surface area (Å²) in [5, 5.41) is 3.39. The molecule has 106 valence electrons. The van der Waals surface area contributed by atoms with Gasteiger partial charge in [0.15, 0.2) is 5.88 Å². The van der Waals surface area contributed by atoms with Crippen LogP contribution in [0.25, 0.3) is 5.65 Å². The molecule has 2 fully saturated rings. The van der Waals surface area contributed by atoms with Crippen molar-refractivity contribution < 1.29 is 9.47 Å². The zero-order chi connectivity index (χ0) is 13.4. The number of aromatic nitrogens is 2. The second-order valence-electron chi connectivity index (χ2n) is 5.71. The first kappa shape index (κ1) is 12.2. The summed E-state index contributed by atoms with van der Waals surface area (Å²) in [6.45, 7) is 2.78. The highest BCUT2D eigenvalue weighted by Gasteiger charge is 2.42. The molecule has 2 aliphatic rings. The van der Waals surface area contributed by atoms with E-state index in [4.69, 9.17) is 9.47 Å². The molecule has 2 aromatic rings. The minimum atomic E-state index is 0.0404. The number of nitrogens with one attached hydrogen (secondary N) is 1. The molecule has 0 aromatic carbocycles. The van der Waals surface area contributed by atoms with Gasteiger partial charge in [0.1, 0.15) is 11.8 Å². The summed E-state index contributed by atoms with van der Waals surface area (Å²) >= 11 is 0. The Bertz CT molecular complexity index is 604. The zero-order valence-electron chi connectivity index (χ0n) is 11.4. The van der Waals surface area contributed by atoms with E-state index in [1.165, 1.54) is 0 Å². The van der Waals surface area contributed by atoms with Crippen LogP contribution in [0.5, 0.6) is 5.88 Å². The fourth-order valence-electron chi connectivity index (χ4n) is 3.30. The monoisotopic (exact) mass is 273 g/mol. The molecule has 1 spiro atoms. The van der Waals surface area contributed by atoms with Crippen molar-refractivity contribution in [2.45, 2.75) is 31.0 Å². The molecule has 0 aliphatic carbocycles. The molecule has 5 nitrogen and oxygen atoms in total. The Morgan fingerprint density at radius 2 is 2.25 bits per heavy atom. The van der Waals surface area contributed by atoms with Crippen molar-refractivity contribution in [3.8, 4) is 5.88 Å². The lowest BCUT2D eigenvalue weighted by molar-refractivity contribution is -0.0206. The van der Waals surface area contributed by atoms with Crippen molar-refractivity contribution in [2.24, 2.45) is 0 Å². The Balaban J connectivity index is 1.51. The van der Waals surface area contributed by atoms with Crippen LogP contribution in [-0.4, -0.2) is 40.8 Å². The van der Waals surface area contributed by atoms with Gasteiger partial charge in [0.05, 0.1) is 12.2 Å². The molecule has 2 aliphatic heterocycles. The number of piperidine rings is 1. The van der Waals surface area contributed by atoms with Gasteiger partial charge in [0.2, 0.25) is 0 Å². The molecule has 20 heavy (non-hydrogen) atoms. The van der Waals surface area contributed by atoms with Crippen LogP contribution in [0.1, 0.15) is 19.3 Å². The SMILES string of the molecule is c1cc(OC2COC3(CCNCC3)C2)n2ccnc2c1. The van der Waals surface area contributed by atoms with Gasteiger partial charge in [-0.3, -0.25) is 4.40 Å². The Morgan fingerprint density at radius 3 is 3.15 bits per heavy atom. The van der Waals surface area contributed by atoms with Crippen LogP contribution in [0.3, 0.4) is 0 Å². The third-order valence-corrected chi connectivity index (χ3v) is 4.37. The number of hydrogen-bond acceptors (Lipinski definition) is 4. The van der Waals surface area contributed by atoms with Gasteiger partial charge in [0.25, 0.3) is 0 Å². The van der Waals surface area contributed by atoms with E-state index in [9.17, 15) is 0 Å². The highest BCUT2D eigenvalue weighted by atomic mass is 16.6. The molecule has 4 heterocycles. The average molecular weight is 273 g/mol. The molecule has 0 saturated carbocycles. The smallest absolute Gasteiger partial charge is 0.199 e. The largest absolute Gasteiger partial charge is 0.473 e. The van der Waals surface area contributed by atoms with E-state index in [2.05, 4.69) is 10.3 Å². The van der Waals surface area contributed by atoms with Crippen molar-refractivity contribution in [3.05, 3.63) is 30.6 Å². The van der Waals surface area contributed by atoms with E-state index in [0.717, 1.165) is 43.9 Å². The predicted molar refractivity (Wildman–Crippen MR) is 75.0 cm³/mol. The fourth-order valence-corrected chi connectivity index (χ4v) is 3.30.